The molecule has 0 spiro atoms. The van der Waals surface area contributed by atoms with Gasteiger partial charge in [0.05, 0.1) is 5.75 Å². The van der Waals surface area contributed by atoms with Crippen LogP contribution in [0.3, 0.4) is 0 Å². The first-order valence-electron chi connectivity index (χ1n) is 8.22. The van der Waals surface area contributed by atoms with Crippen molar-refractivity contribution in [2.75, 3.05) is 17.3 Å². The third-order valence-electron chi connectivity index (χ3n) is 3.85. The molecule has 1 atom stereocenters. The molecule has 1 unspecified atom stereocenters. The number of sulfone groups is 1. The van der Waals surface area contributed by atoms with E-state index in [-0.39, 0.29) is 16.3 Å². The zero-order valence-electron chi connectivity index (χ0n) is 15.9. The molecule has 11 heteroatoms. The van der Waals surface area contributed by atoms with E-state index < -0.39 is 37.6 Å². The number of benzene rings is 1. The van der Waals surface area contributed by atoms with Crippen LogP contribution in [0.25, 0.3) is 0 Å². The van der Waals surface area contributed by atoms with Crippen LogP contribution in [0.4, 0.5) is 10.1 Å². The molecule has 1 heterocycles. The van der Waals surface area contributed by atoms with Crippen molar-refractivity contribution in [2.24, 2.45) is 7.05 Å². The van der Waals surface area contributed by atoms with Gasteiger partial charge in [0.2, 0.25) is 10.0 Å². The summed E-state index contributed by atoms with van der Waals surface area (Å²) >= 11 is 0. The third-order valence-corrected chi connectivity index (χ3v) is 6.51. The van der Waals surface area contributed by atoms with E-state index in [4.69, 9.17) is 0 Å². The highest BCUT2D eigenvalue weighted by Crippen LogP contribution is 2.18. The monoisotopic (exact) mass is 431 g/mol. The van der Waals surface area contributed by atoms with Gasteiger partial charge in [0, 0.05) is 31.2 Å². The van der Waals surface area contributed by atoms with Crippen LogP contribution < -0.4 is 10.0 Å². The molecule has 28 heavy (non-hydrogen) atoms. The highest BCUT2D eigenvalue weighted by atomic mass is 32.2. The molecule has 154 valence electrons. The van der Waals surface area contributed by atoms with Crippen molar-refractivity contribution >= 4 is 31.5 Å². The van der Waals surface area contributed by atoms with E-state index >= 15 is 0 Å². The van der Waals surface area contributed by atoms with Gasteiger partial charge >= 0.3 is 0 Å². The highest BCUT2D eigenvalue weighted by molar-refractivity contribution is 7.91. The Balaban J connectivity index is 2.21. The summed E-state index contributed by atoms with van der Waals surface area (Å²) in [4.78, 5) is 12.3. The van der Waals surface area contributed by atoms with Gasteiger partial charge in [0.1, 0.15) is 26.2 Å². The lowest BCUT2D eigenvalue weighted by Crippen LogP contribution is -2.37. The van der Waals surface area contributed by atoms with Crippen molar-refractivity contribution in [3.63, 3.8) is 0 Å². The lowest BCUT2D eigenvalue weighted by atomic mass is 10.2. The lowest BCUT2D eigenvalue weighted by molar-refractivity contribution is 0.101. The minimum absolute atomic E-state index is 0.0677. The van der Waals surface area contributed by atoms with Gasteiger partial charge in [-0.2, -0.15) is 0 Å². The van der Waals surface area contributed by atoms with Crippen molar-refractivity contribution in [2.45, 2.75) is 24.8 Å². The number of nitrogens with one attached hydrogen (secondary N) is 2. The Morgan fingerprint density at radius 1 is 1.21 bits per heavy atom. The van der Waals surface area contributed by atoms with Gasteiger partial charge in [-0.25, -0.2) is 25.9 Å². The molecule has 0 aliphatic rings. The highest BCUT2D eigenvalue weighted by Gasteiger charge is 2.24. The van der Waals surface area contributed by atoms with Gasteiger partial charge < -0.3 is 9.88 Å². The second-order valence-electron chi connectivity index (χ2n) is 6.70. The fourth-order valence-corrected chi connectivity index (χ4v) is 5.06. The Kier molecular flexibility index (Phi) is 6.31. The minimum Gasteiger partial charge on any atom is -0.345 e. The molecule has 0 aliphatic carbocycles. The molecule has 1 amide bonds. The first kappa shape index (κ1) is 22.1. The van der Waals surface area contributed by atoms with E-state index in [0.717, 1.165) is 6.26 Å². The molecule has 1 aromatic carbocycles. The maximum atomic E-state index is 13.3. The second-order valence-corrected chi connectivity index (χ2v) is 10.6. The number of halogens is 1. The molecule has 0 fully saturated rings. The van der Waals surface area contributed by atoms with Crippen LogP contribution in [0.5, 0.6) is 0 Å². The number of aryl methyl sites for hydroxylation is 2. The Morgan fingerprint density at radius 3 is 2.43 bits per heavy atom. The molecular weight excluding hydrogens is 409 g/mol. The SMILES string of the molecule is Cc1cc(NC(=O)c2cc(S(=O)(=O)NC(C)CS(C)(=O)=O)cn2C)ccc1F. The average Bonchev–Trinajstić information content (AvgIpc) is 2.91. The van der Waals surface area contributed by atoms with Crippen LogP contribution in [-0.2, 0) is 26.9 Å². The Bertz CT molecular complexity index is 1110. The zero-order valence-corrected chi connectivity index (χ0v) is 17.5. The molecule has 2 N–H and O–H groups in total. The Hall–Kier alpha value is -2.24. The van der Waals surface area contributed by atoms with Gasteiger partial charge in [0.25, 0.3) is 5.91 Å². The quantitative estimate of drug-likeness (QED) is 0.688. The number of rotatable bonds is 7. The number of amides is 1. The van der Waals surface area contributed by atoms with Crippen molar-refractivity contribution in [3.05, 3.63) is 47.5 Å². The molecule has 8 nitrogen and oxygen atoms in total. The normalized spacial score (nSPS) is 13.3. The van der Waals surface area contributed by atoms with Crippen molar-refractivity contribution in [3.8, 4) is 0 Å². The summed E-state index contributed by atoms with van der Waals surface area (Å²) < 4.78 is 64.5. The Morgan fingerprint density at radius 2 is 1.86 bits per heavy atom. The molecule has 0 radical (unpaired) electrons. The smallest absolute Gasteiger partial charge is 0.272 e. The van der Waals surface area contributed by atoms with Gasteiger partial charge in [-0.15, -0.1) is 0 Å². The summed E-state index contributed by atoms with van der Waals surface area (Å²) in [5.41, 5.74) is 0.796. The molecule has 1 aromatic heterocycles. The fraction of sp³-hybridized carbons (Fsp3) is 0.353. The first-order chi connectivity index (χ1) is 12.8. The summed E-state index contributed by atoms with van der Waals surface area (Å²) in [5.74, 6) is -1.32. The van der Waals surface area contributed by atoms with E-state index in [0.29, 0.717) is 11.3 Å². The number of hydrogen-bond donors (Lipinski definition) is 2. The van der Waals surface area contributed by atoms with Crippen molar-refractivity contribution < 1.29 is 26.0 Å². The number of nitrogens with zero attached hydrogens (tertiary/aromatic N) is 1. The van der Waals surface area contributed by atoms with Gasteiger partial charge in [-0.3, -0.25) is 4.79 Å². The molecule has 2 aromatic rings. The number of hydrogen-bond acceptors (Lipinski definition) is 5. The standard InChI is InChI=1S/C17H22FN3O5S2/c1-11-7-13(5-6-15(11)18)19-17(22)16-8-14(9-21(16)3)28(25,26)20-12(2)10-27(4,23)24/h5-9,12,20H,10H2,1-4H3,(H,19,22). The summed E-state index contributed by atoms with van der Waals surface area (Å²) in [5, 5.41) is 2.58. The predicted octanol–water partition coefficient (Wildman–Crippen LogP) is 1.44. The van der Waals surface area contributed by atoms with E-state index in [1.54, 1.807) is 6.92 Å². The van der Waals surface area contributed by atoms with Gasteiger partial charge in [-0.1, -0.05) is 0 Å². The number of sulfonamides is 1. The van der Waals surface area contributed by atoms with Crippen LogP contribution in [0.1, 0.15) is 23.0 Å². The number of anilines is 1. The van der Waals surface area contributed by atoms with Crippen molar-refractivity contribution in [1.29, 1.82) is 0 Å². The molecular formula is C17H22FN3O5S2. The second kappa shape index (κ2) is 8.02. The van der Waals surface area contributed by atoms with Crippen LogP contribution in [0, 0.1) is 12.7 Å². The topological polar surface area (TPSA) is 114 Å². The summed E-state index contributed by atoms with van der Waals surface area (Å²) in [6.45, 7) is 2.99. The molecule has 0 bridgehead atoms. The summed E-state index contributed by atoms with van der Waals surface area (Å²) in [6, 6.07) is 4.43. The van der Waals surface area contributed by atoms with Crippen LogP contribution in [-0.4, -0.2) is 45.4 Å². The van der Waals surface area contributed by atoms with Crippen LogP contribution in [0.15, 0.2) is 35.4 Å². The van der Waals surface area contributed by atoms with Gasteiger partial charge in [0.15, 0.2) is 0 Å². The number of carbonyl (C=O) groups is 1. The molecule has 0 aliphatic heterocycles. The maximum absolute atomic E-state index is 13.3. The summed E-state index contributed by atoms with van der Waals surface area (Å²) in [6.07, 6.45) is 2.26. The van der Waals surface area contributed by atoms with Gasteiger partial charge in [-0.05, 0) is 43.7 Å². The molecule has 0 saturated heterocycles. The molecule has 2 rings (SSSR count). The number of aromatic nitrogens is 1. The van der Waals surface area contributed by atoms with E-state index in [9.17, 15) is 26.0 Å². The van der Waals surface area contributed by atoms with Crippen molar-refractivity contribution in [1.82, 2.24) is 9.29 Å². The van der Waals surface area contributed by atoms with Crippen LogP contribution in [0.2, 0.25) is 0 Å². The lowest BCUT2D eigenvalue weighted by Gasteiger charge is -2.12. The minimum atomic E-state index is -4.02. The van der Waals surface area contributed by atoms with E-state index in [2.05, 4.69) is 10.0 Å². The molecule has 0 saturated carbocycles. The van der Waals surface area contributed by atoms with E-state index in [1.165, 1.54) is 49.0 Å². The summed E-state index contributed by atoms with van der Waals surface area (Å²) in [7, 11) is -5.87. The predicted molar refractivity (Wildman–Crippen MR) is 104 cm³/mol. The third kappa shape index (κ3) is 5.63. The Labute approximate surface area is 163 Å². The maximum Gasteiger partial charge on any atom is 0.272 e. The largest absolute Gasteiger partial charge is 0.345 e. The first-order valence-corrected chi connectivity index (χ1v) is 11.8. The van der Waals surface area contributed by atoms with Crippen LogP contribution >= 0.6 is 0 Å². The average molecular weight is 432 g/mol. The zero-order chi connectivity index (χ0) is 21.3. The van der Waals surface area contributed by atoms with E-state index in [1.807, 2.05) is 0 Å². The number of carbonyl (C=O) groups excluding carboxylic acids is 1. The fourth-order valence-electron chi connectivity index (χ4n) is 2.65.